The van der Waals surface area contributed by atoms with Gasteiger partial charge in [0.25, 0.3) is 11.8 Å². The van der Waals surface area contributed by atoms with Crippen molar-refractivity contribution in [3.05, 3.63) is 34.9 Å². The lowest BCUT2D eigenvalue weighted by Crippen LogP contribution is -2.44. The quantitative estimate of drug-likeness (QED) is 0.784. The van der Waals surface area contributed by atoms with Gasteiger partial charge in [0.05, 0.1) is 17.5 Å². The molecular formula is C16H16N2O4. The maximum atomic E-state index is 12.5. The lowest BCUT2D eigenvalue weighted by Gasteiger charge is -2.19. The van der Waals surface area contributed by atoms with Crippen molar-refractivity contribution >= 4 is 23.6 Å². The summed E-state index contributed by atoms with van der Waals surface area (Å²) in [4.78, 5) is 48.9. The Bertz CT molecular complexity index is 730. The van der Waals surface area contributed by atoms with Gasteiger partial charge in [-0.2, -0.15) is 0 Å². The van der Waals surface area contributed by atoms with Crippen LogP contribution in [0.3, 0.4) is 0 Å². The van der Waals surface area contributed by atoms with Crippen molar-refractivity contribution in [3.8, 4) is 0 Å². The summed E-state index contributed by atoms with van der Waals surface area (Å²) in [6.07, 6.45) is -0.170. The smallest absolute Gasteiger partial charge is 0.262 e. The van der Waals surface area contributed by atoms with Crippen LogP contribution in [0.15, 0.2) is 18.2 Å². The zero-order valence-corrected chi connectivity index (χ0v) is 12.6. The van der Waals surface area contributed by atoms with Gasteiger partial charge >= 0.3 is 0 Å². The van der Waals surface area contributed by atoms with E-state index in [2.05, 4.69) is 5.32 Å². The Labute approximate surface area is 127 Å². The molecule has 6 nitrogen and oxygen atoms in total. The van der Waals surface area contributed by atoms with Gasteiger partial charge in [-0.15, -0.1) is 0 Å². The number of nitrogens with zero attached hydrogens (tertiary/aromatic N) is 1. The van der Waals surface area contributed by atoms with Crippen molar-refractivity contribution in [2.24, 2.45) is 0 Å². The van der Waals surface area contributed by atoms with E-state index in [1.165, 1.54) is 0 Å². The van der Waals surface area contributed by atoms with Crippen molar-refractivity contribution in [2.75, 3.05) is 0 Å². The number of hydrogen-bond acceptors (Lipinski definition) is 4. The molecule has 1 saturated heterocycles. The molecular weight excluding hydrogens is 284 g/mol. The van der Waals surface area contributed by atoms with E-state index in [1.807, 2.05) is 26.8 Å². The van der Waals surface area contributed by atoms with Crippen LogP contribution in [-0.4, -0.2) is 34.6 Å². The largest absolute Gasteiger partial charge is 0.295 e. The predicted octanol–water partition coefficient (Wildman–Crippen LogP) is 0.995. The van der Waals surface area contributed by atoms with Crippen LogP contribution in [0.1, 0.15) is 53.5 Å². The predicted molar refractivity (Wildman–Crippen MR) is 77.2 cm³/mol. The Hall–Kier alpha value is -2.50. The first-order valence-electron chi connectivity index (χ1n) is 7.06. The monoisotopic (exact) mass is 300 g/mol. The highest BCUT2D eigenvalue weighted by atomic mass is 16.2. The van der Waals surface area contributed by atoms with Gasteiger partial charge in [-0.05, 0) is 23.1 Å². The van der Waals surface area contributed by atoms with Gasteiger partial charge in [0.2, 0.25) is 11.8 Å². The van der Waals surface area contributed by atoms with Gasteiger partial charge in [-0.1, -0.05) is 26.8 Å². The third kappa shape index (κ3) is 2.03. The Morgan fingerprint density at radius 2 is 1.68 bits per heavy atom. The Balaban J connectivity index is 2.02. The Morgan fingerprint density at radius 3 is 2.23 bits per heavy atom. The molecule has 0 aliphatic carbocycles. The SMILES string of the molecule is CC(C)(C)c1ccc2c(c1)C(=O)N(C1CC(=O)NC1=O)C2=O. The fourth-order valence-corrected chi connectivity index (χ4v) is 2.76. The summed E-state index contributed by atoms with van der Waals surface area (Å²) < 4.78 is 0. The van der Waals surface area contributed by atoms with E-state index < -0.39 is 29.7 Å². The number of nitrogens with one attached hydrogen (secondary N) is 1. The minimum absolute atomic E-state index is 0.160. The molecule has 1 N–H and O–H groups in total. The van der Waals surface area contributed by atoms with Crippen LogP contribution in [0.4, 0.5) is 0 Å². The second-order valence-corrected chi connectivity index (χ2v) is 6.62. The topological polar surface area (TPSA) is 83.6 Å². The average Bonchev–Trinajstić information content (AvgIpc) is 2.87. The van der Waals surface area contributed by atoms with E-state index in [0.29, 0.717) is 5.56 Å². The molecule has 114 valence electrons. The van der Waals surface area contributed by atoms with Crippen LogP contribution in [0, 0.1) is 0 Å². The zero-order chi connectivity index (χ0) is 16.2. The van der Waals surface area contributed by atoms with Crippen LogP contribution >= 0.6 is 0 Å². The summed E-state index contributed by atoms with van der Waals surface area (Å²) in [5.74, 6) is -2.10. The standard InChI is InChI=1S/C16H16N2O4/c1-16(2,3)8-4-5-9-10(6-8)15(22)18(14(9)21)11-7-12(19)17-13(11)20/h4-6,11H,7H2,1-3H3,(H,17,19,20). The molecule has 0 bridgehead atoms. The molecule has 22 heavy (non-hydrogen) atoms. The van der Waals surface area contributed by atoms with Crippen molar-refractivity contribution in [1.82, 2.24) is 10.2 Å². The fraction of sp³-hybridized carbons (Fsp3) is 0.375. The van der Waals surface area contributed by atoms with Crippen LogP contribution < -0.4 is 5.32 Å². The van der Waals surface area contributed by atoms with Gasteiger partial charge in [0.1, 0.15) is 6.04 Å². The summed E-state index contributed by atoms with van der Waals surface area (Å²) in [6.45, 7) is 6.03. The van der Waals surface area contributed by atoms with E-state index in [1.54, 1.807) is 12.1 Å². The van der Waals surface area contributed by atoms with Crippen molar-refractivity contribution in [2.45, 2.75) is 38.6 Å². The molecule has 0 saturated carbocycles. The highest BCUT2D eigenvalue weighted by Gasteiger charge is 2.46. The number of fused-ring (bicyclic) bond motifs is 1. The molecule has 1 aromatic carbocycles. The normalized spacial score (nSPS) is 21.4. The summed E-state index contributed by atoms with van der Waals surface area (Å²) in [5.41, 5.74) is 1.35. The molecule has 2 aliphatic rings. The highest BCUT2D eigenvalue weighted by molar-refractivity contribution is 6.24. The molecule has 1 aromatic rings. The first-order valence-corrected chi connectivity index (χ1v) is 7.06. The van der Waals surface area contributed by atoms with E-state index in [9.17, 15) is 19.2 Å². The van der Waals surface area contributed by atoms with Gasteiger partial charge in [0, 0.05) is 0 Å². The first kappa shape index (κ1) is 14.4. The minimum atomic E-state index is -1.04. The summed E-state index contributed by atoms with van der Waals surface area (Å²) >= 11 is 0. The molecule has 2 heterocycles. The molecule has 3 rings (SSSR count). The van der Waals surface area contributed by atoms with Crippen LogP contribution in [0.25, 0.3) is 0 Å². The molecule has 0 aromatic heterocycles. The maximum absolute atomic E-state index is 12.5. The number of benzene rings is 1. The molecule has 1 atom stereocenters. The summed E-state index contributed by atoms with van der Waals surface area (Å²) in [6, 6.07) is 4.08. The fourth-order valence-electron chi connectivity index (χ4n) is 2.76. The highest BCUT2D eigenvalue weighted by Crippen LogP contribution is 2.31. The van der Waals surface area contributed by atoms with Gasteiger partial charge < -0.3 is 0 Å². The van der Waals surface area contributed by atoms with Crippen LogP contribution in [0.2, 0.25) is 0 Å². The molecule has 1 unspecified atom stereocenters. The third-order valence-corrected chi connectivity index (χ3v) is 4.04. The summed E-state index contributed by atoms with van der Waals surface area (Å²) in [5, 5.41) is 2.12. The number of hydrogen-bond donors (Lipinski definition) is 1. The van der Waals surface area contributed by atoms with Crippen LogP contribution in [0.5, 0.6) is 0 Å². The first-order chi connectivity index (χ1) is 10.2. The molecule has 0 radical (unpaired) electrons. The second-order valence-electron chi connectivity index (χ2n) is 6.62. The molecule has 0 spiro atoms. The van der Waals surface area contributed by atoms with Gasteiger partial charge in [0.15, 0.2) is 0 Å². The molecule has 6 heteroatoms. The average molecular weight is 300 g/mol. The van der Waals surface area contributed by atoms with E-state index >= 15 is 0 Å². The van der Waals surface area contributed by atoms with Gasteiger partial charge in [-0.3, -0.25) is 29.4 Å². The number of carbonyl (C=O) groups is 4. The molecule has 2 aliphatic heterocycles. The third-order valence-electron chi connectivity index (χ3n) is 4.04. The van der Waals surface area contributed by atoms with Crippen molar-refractivity contribution < 1.29 is 19.2 Å². The minimum Gasteiger partial charge on any atom is -0.295 e. The summed E-state index contributed by atoms with van der Waals surface area (Å²) in [7, 11) is 0. The van der Waals surface area contributed by atoms with Crippen molar-refractivity contribution in [1.29, 1.82) is 0 Å². The number of amides is 4. The van der Waals surface area contributed by atoms with Gasteiger partial charge in [-0.25, -0.2) is 0 Å². The van der Waals surface area contributed by atoms with Crippen LogP contribution in [-0.2, 0) is 15.0 Å². The van der Waals surface area contributed by atoms with E-state index in [0.717, 1.165) is 10.5 Å². The number of carbonyl (C=O) groups excluding carboxylic acids is 4. The Morgan fingerprint density at radius 1 is 1.05 bits per heavy atom. The number of rotatable bonds is 1. The zero-order valence-electron chi connectivity index (χ0n) is 12.6. The lowest BCUT2D eigenvalue weighted by atomic mass is 9.85. The lowest BCUT2D eigenvalue weighted by molar-refractivity contribution is -0.125. The van der Waals surface area contributed by atoms with E-state index in [-0.39, 0.29) is 17.4 Å². The van der Waals surface area contributed by atoms with Crippen molar-refractivity contribution in [3.63, 3.8) is 0 Å². The number of imide groups is 2. The van der Waals surface area contributed by atoms with E-state index in [4.69, 9.17) is 0 Å². The Kier molecular flexibility index (Phi) is 2.95. The molecule has 4 amide bonds. The second kappa shape index (κ2) is 4.50. The maximum Gasteiger partial charge on any atom is 0.262 e. The molecule has 1 fully saturated rings.